The molecule has 0 N–H and O–H groups in total. The van der Waals surface area contributed by atoms with Gasteiger partial charge in [0.15, 0.2) is 0 Å². The van der Waals surface area contributed by atoms with Crippen LogP contribution in [0.1, 0.15) is 0 Å². The third kappa shape index (κ3) is 300. The maximum atomic E-state index is 8.52. The van der Waals surface area contributed by atoms with Gasteiger partial charge in [0.25, 0.3) is 0 Å². The van der Waals surface area contributed by atoms with Crippen LogP contribution in [0.3, 0.4) is 0 Å². The summed E-state index contributed by atoms with van der Waals surface area (Å²) >= 11 is -7.29. The Kier molecular flexibility index (Phi) is 38.0. The van der Waals surface area contributed by atoms with Gasteiger partial charge in [-0.3, -0.25) is 0 Å². The van der Waals surface area contributed by atoms with Crippen molar-refractivity contribution in [2.75, 3.05) is 0 Å². The molecule has 0 saturated heterocycles. The fraction of sp³-hybridized carbons (Fsp3) is 0. The van der Waals surface area contributed by atoms with Gasteiger partial charge in [-0.15, -0.1) is 0 Å². The van der Waals surface area contributed by atoms with Crippen LogP contribution in [0.2, 0.25) is 0 Å². The molecule has 0 bridgehead atoms. The van der Waals surface area contributed by atoms with Gasteiger partial charge in [-0.25, -0.2) is 0 Å². The van der Waals surface area contributed by atoms with Crippen molar-refractivity contribution in [2.24, 2.45) is 0 Å². The van der Waals surface area contributed by atoms with Gasteiger partial charge in [0.2, 0.25) is 0 Å². The summed E-state index contributed by atoms with van der Waals surface area (Å²) < 4.78 is 51.1. The Bertz CT molecular complexity index is 71.0. The molecule has 0 atom stereocenters. The minimum atomic E-state index is -3.65. The van der Waals surface area contributed by atoms with Crippen molar-refractivity contribution >= 4 is 0 Å². The normalized spacial score (nSPS) is 7.00. The molecule has 68 valence electrons. The Morgan fingerprint density at radius 2 is 0.800 bits per heavy atom. The van der Waals surface area contributed by atoms with Crippen LogP contribution in [0.5, 0.6) is 0 Å². The molecule has 10 heavy (non-hydrogen) atoms. The molecule has 0 unspecified atom stereocenters. The van der Waals surface area contributed by atoms with Gasteiger partial charge < -0.3 is 0 Å². The summed E-state index contributed by atoms with van der Waals surface area (Å²) in [5.74, 6) is 0. The van der Waals surface area contributed by atoms with Crippen molar-refractivity contribution in [1.82, 2.24) is 0 Å². The van der Waals surface area contributed by atoms with Gasteiger partial charge >= 0.3 is 87.5 Å². The first-order valence-corrected chi connectivity index (χ1v) is 3.82. The van der Waals surface area contributed by atoms with Gasteiger partial charge in [0.1, 0.15) is 0 Å². The molecule has 6 nitrogen and oxygen atoms in total. The van der Waals surface area contributed by atoms with Crippen LogP contribution in [-0.2, 0) is 70.8 Å². The fourth-order valence-corrected chi connectivity index (χ4v) is 0. The predicted molar refractivity (Wildman–Crippen MR) is 1.37 cm³/mol. The van der Waals surface area contributed by atoms with Crippen molar-refractivity contribution in [3.8, 4) is 0 Å². The molecule has 0 fully saturated rings. The molecule has 0 aliphatic carbocycles. The molecule has 0 rings (SSSR count). The molecule has 0 aromatic carbocycles. The monoisotopic (exact) mass is 324 g/mol. The third-order valence-corrected chi connectivity index (χ3v) is 0. The van der Waals surface area contributed by atoms with Crippen LogP contribution in [0.4, 0.5) is 0 Å². The van der Waals surface area contributed by atoms with E-state index in [2.05, 4.69) is 0 Å². The van der Waals surface area contributed by atoms with Gasteiger partial charge in [-0.05, 0) is 0 Å². The Balaban J connectivity index is -0.0000000300. The topological polar surface area (TPSA) is 126 Å². The van der Waals surface area contributed by atoms with Crippen LogP contribution >= 0.6 is 0 Å². The fourth-order valence-electron chi connectivity index (χ4n) is 0. The molecule has 0 amide bonds. The average molecular weight is 324 g/mol. The minimum absolute atomic E-state index is 0. The molecule has 0 saturated carbocycles. The van der Waals surface area contributed by atoms with Crippen molar-refractivity contribution < 1.29 is 87.5 Å². The summed E-state index contributed by atoms with van der Waals surface area (Å²) in [6.07, 6.45) is 0. The summed E-state index contributed by atoms with van der Waals surface area (Å²) in [6.45, 7) is 0. The molecule has 0 spiro atoms. The van der Waals surface area contributed by atoms with Gasteiger partial charge in [0, 0.05) is 0 Å². The second-order valence-corrected chi connectivity index (χ2v) is 1.56. The predicted octanol–water partition coefficient (Wildman–Crippen LogP) is -5.00. The Morgan fingerprint density at radius 3 is 0.800 bits per heavy atom. The Labute approximate surface area is 87.1 Å². The van der Waals surface area contributed by atoms with E-state index in [4.69, 9.17) is 24.4 Å². The first kappa shape index (κ1) is 22.5. The van der Waals surface area contributed by atoms with E-state index < -0.39 is 29.0 Å². The van der Waals surface area contributed by atoms with E-state index in [0.29, 0.717) is 0 Å². The zero-order valence-corrected chi connectivity index (χ0v) is 8.37. The molecule has 0 aromatic heterocycles. The van der Waals surface area contributed by atoms with Crippen LogP contribution in [0.15, 0.2) is 0 Å². The Hall–Kier alpha value is 1.52. The van der Waals surface area contributed by atoms with Crippen molar-refractivity contribution in [3.63, 3.8) is 0 Å². The maximum absolute atomic E-state index is 8.52. The molecule has 2 radical (unpaired) electrons. The SMILES string of the molecule is [Cu+2].[Mn+2].[O]=[Mn]([O-])[O-].[O]=[Mn]([O-])[O-]. The van der Waals surface area contributed by atoms with Crippen molar-refractivity contribution in [1.29, 1.82) is 0 Å². The average Bonchev–Trinajstić information content (AvgIpc) is 1.25. The number of hydrogen-bond acceptors (Lipinski definition) is 6. The van der Waals surface area contributed by atoms with E-state index in [1.807, 2.05) is 0 Å². The Morgan fingerprint density at radius 1 is 0.800 bits per heavy atom. The first-order chi connectivity index (χ1) is 3.46. The van der Waals surface area contributed by atoms with Crippen molar-refractivity contribution in [3.05, 3.63) is 0 Å². The van der Waals surface area contributed by atoms with Crippen LogP contribution in [-0.4, -0.2) is 0 Å². The summed E-state index contributed by atoms with van der Waals surface area (Å²) in [5.41, 5.74) is 0. The van der Waals surface area contributed by atoms with E-state index in [-0.39, 0.29) is 34.1 Å². The van der Waals surface area contributed by atoms with Gasteiger partial charge in [-0.2, -0.15) is 0 Å². The standard InChI is InChI=1S/Cu.3Mn.6O/q+2;;;+2;;;4*-1. The first-order valence-electron chi connectivity index (χ1n) is 0.926. The molecule has 0 aliphatic heterocycles. The molecule has 0 aliphatic rings. The zero-order valence-electron chi connectivity index (χ0n) is 3.88. The molecule has 0 aromatic rings. The number of hydrogen-bond donors (Lipinski definition) is 0. The molecule has 0 heterocycles. The van der Waals surface area contributed by atoms with Crippen LogP contribution in [0, 0.1) is 0 Å². The van der Waals surface area contributed by atoms with E-state index in [1.54, 1.807) is 0 Å². The van der Waals surface area contributed by atoms with E-state index in [9.17, 15) is 0 Å². The molecular formula is CuMn3O6. The van der Waals surface area contributed by atoms with Crippen LogP contribution in [0.25, 0.3) is 0 Å². The van der Waals surface area contributed by atoms with E-state index >= 15 is 0 Å². The third-order valence-electron chi connectivity index (χ3n) is 0. The van der Waals surface area contributed by atoms with Crippen molar-refractivity contribution in [2.45, 2.75) is 0 Å². The quantitative estimate of drug-likeness (QED) is 0.411. The summed E-state index contributed by atoms with van der Waals surface area (Å²) in [6, 6.07) is 0. The van der Waals surface area contributed by atoms with E-state index in [0.717, 1.165) is 0 Å². The summed E-state index contributed by atoms with van der Waals surface area (Å²) in [5, 5.41) is 0. The second kappa shape index (κ2) is 16.9. The summed E-state index contributed by atoms with van der Waals surface area (Å²) in [7, 11) is 0. The molecule has 10 heteroatoms. The second-order valence-electron chi connectivity index (χ2n) is 0.378. The number of rotatable bonds is 0. The van der Waals surface area contributed by atoms with Crippen LogP contribution < -0.4 is 16.8 Å². The van der Waals surface area contributed by atoms with Gasteiger partial charge in [0.05, 0.1) is 0 Å². The van der Waals surface area contributed by atoms with E-state index in [1.165, 1.54) is 0 Å². The molecular weight excluding hydrogens is 324 g/mol. The van der Waals surface area contributed by atoms with Gasteiger partial charge in [-0.1, -0.05) is 0 Å². The zero-order chi connectivity index (χ0) is 7.15. The summed E-state index contributed by atoms with van der Waals surface area (Å²) in [4.78, 5) is 0.